The fourth-order valence-electron chi connectivity index (χ4n) is 0.679. The van der Waals surface area contributed by atoms with Crippen molar-refractivity contribution in [1.29, 1.82) is 0 Å². The summed E-state index contributed by atoms with van der Waals surface area (Å²) >= 11 is 4.68. The van der Waals surface area contributed by atoms with Crippen LogP contribution in [0.2, 0.25) is 0 Å². The molecule has 0 saturated heterocycles. The Labute approximate surface area is 114 Å². The fraction of sp³-hybridized carbons (Fsp3) is 1.00. The molecule has 0 aliphatic rings. The first-order chi connectivity index (χ1) is 6.12. The SMILES string of the molecule is CCCCOP([O-])(=S)OCCCC.[Na+]. The summed E-state index contributed by atoms with van der Waals surface area (Å²) in [5.41, 5.74) is 0. The normalized spacial score (nSPS) is 11.1. The molecule has 0 aliphatic heterocycles. The molecule has 0 aromatic carbocycles. The van der Waals surface area contributed by atoms with Gasteiger partial charge in [0.25, 0.3) is 0 Å². The maximum atomic E-state index is 11.3. The Hall–Kier alpha value is 1.53. The van der Waals surface area contributed by atoms with Crippen LogP contribution in [0.4, 0.5) is 0 Å². The summed E-state index contributed by atoms with van der Waals surface area (Å²) in [6.45, 7) is 1.77. The van der Waals surface area contributed by atoms with Crippen molar-refractivity contribution < 1.29 is 43.5 Å². The third kappa shape index (κ3) is 11.6. The van der Waals surface area contributed by atoms with Crippen LogP contribution in [-0.4, -0.2) is 13.2 Å². The van der Waals surface area contributed by atoms with Crippen molar-refractivity contribution in [2.75, 3.05) is 13.2 Å². The van der Waals surface area contributed by atoms with Crippen molar-refractivity contribution >= 4 is 18.5 Å². The van der Waals surface area contributed by atoms with Crippen LogP contribution in [0.3, 0.4) is 0 Å². The van der Waals surface area contributed by atoms with Gasteiger partial charge in [0.05, 0.1) is 13.2 Å². The van der Waals surface area contributed by atoms with E-state index in [9.17, 15) is 4.89 Å². The molecule has 0 heterocycles. The first-order valence-electron chi connectivity index (χ1n) is 4.72. The standard InChI is InChI=1S/C8H19O3PS.Na/c1-3-5-7-10-12(9,13)11-8-6-4-2;/h3-8H2,1-2H3,(H,9,13);/q;+1/p-1. The van der Waals surface area contributed by atoms with Crippen LogP contribution >= 0.6 is 6.72 Å². The summed E-state index contributed by atoms with van der Waals surface area (Å²) in [5.74, 6) is 0. The minimum Gasteiger partial charge on any atom is -0.780 e. The molecule has 0 bridgehead atoms. The smallest absolute Gasteiger partial charge is 0.780 e. The van der Waals surface area contributed by atoms with Crippen LogP contribution in [0.5, 0.6) is 0 Å². The molecule has 14 heavy (non-hydrogen) atoms. The Balaban J connectivity index is 0. The van der Waals surface area contributed by atoms with Gasteiger partial charge in [-0.05, 0) is 12.8 Å². The Bertz CT molecular complexity index is 155. The average molecular weight is 248 g/mol. The first-order valence-corrected chi connectivity index (χ1v) is 7.28. The van der Waals surface area contributed by atoms with Crippen molar-refractivity contribution in [1.82, 2.24) is 0 Å². The van der Waals surface area contributed by atoms with Gasteiger partial charge >= 0.3 is 29.6 Å². The molecule has 0 fully saturated rings. The molecule has 0 radical (unpaired) electrons. The molecule has 6 heteroatoms. The van der Waals surface area contributed by atoms with Gasteiger partial charge in [0.1, 0.15) is 6.72 Å². The van der Waals surface area contributed by atoms with Gasteiger partial charge in [-0.1, -0.05) is 38.5 Å². The van der Waals surface area contributed by atoms with Crippen LogP contribution in [0.15, 0.2) is 0 Å². The number of hydrogen-bond acceptors (Lipinski definition) is 4. The van der Waals surface area contributed by atoms with E-state index in [1.165, 1.54) is 0 Å². The summed E-state index contributed by atoms with van der Waals surface area (Å²) < 4.78 is 9.93. The monoisotopic (exact) mass is 248 g/mol. The zero-order chi connectivity index (χ0) is 10.2. The van der Waals surface area contributed by atoms with E-state index in [1.54, 1.807) is 0 Å². The molecular weight excluding hydrogens is 230 g/mol. The van der Waals surface area contributed by atoms with Crippen LogP contribution in [0.1, 0.15) is 39.5 Å². The Kier molecular flexibility index (Phi) is 14.1. The largest absolute Gasteiger partial charge is 1.00 e. The van der Waals surface area contributed by atoms with Gasteiger partial charge < -0.3 is 13.9 Å². The van der Waals surface area contributed by atoms with Gasteiger partial charge in [-0.3, -0.25) is 0 Å². The van der Waals surface area contributed by atoms with Gasteiger partial charge in [-0.2, -0.15) is 0 Å². The fourth-order valence-corrected chi connectivity index (χ4v) is 1.91. The Morgan fingerprint density at radius 1 is 1.07 bits per heavy atom. The van der Waals surface area contributed by atoms with E-state index in [4.69, 9.17) is 9.05 Å². The number of rotatable bonds is 8. The van der Waals surface area contributed by atoms with E-state index in [2.05, 4.69) is 11.8 Å². The molecule has 0 unspecified atom stereocenters. The van der Waals surface area contributed by atoms with Crippen LogP contribution in [-0.2, 0) is 20.9 Å². The van der Waals surface area contributed by atoms with E-state index >= 15 is 0 Å². The molecule has 0 saturated carbocycles. The Morgan fingerprint density at radius 2 is 1.43 bits per heavy atom. The van der Waals surface area contributed by atoms with E-state index in [1.807, 2.05) is 13.8 Å². The second-order valence-electron chi connectivity index (χ2n) is 2.82. The van der Waals surface area contributed by atoms with Crippen LogP contribution in [0, 0.1) is 0 Å². The molecule has 0 aromatic heterocycles. The van der Waals surface area contributed by atoms with Crippen LogP contribution < -0.4 is 34.5 Å². The molecule has 0 aliphatic carbocycles. The third-order valence-electron chi connectivity index (χ3n) is 1.49. The molecule has 80 valence electrons. The van der Waals surface area contributed by atoms with Crippen molar-refractivity contribution in [3.63, 3.8) is 0 Å². The summed E-state index contributed by atoms with van der Waals surface area (Å²) in [6, 6.07) is 0. The van der Waals surface area contributed by atoms with Crippen molar-refractivity contribution in [3.8, 4) is 0 Å². The molecule has 0 atom stereocenters. The third-order valence-corrected chi connectivity index (χ3v) is 3.12. The zero-order valence-corrected chi connectivity index (χ0v) is 13.0. The minimum absolute atomic E-state index is 0. The molecule has 3 nitrogen and oxygen atoms in total. The van der Waals surface area contributed by atoms with E-state index in [-0.39, 0.29) is 29.6 Å². The predicted octanol–water partition coefficient (Wildman–Crippen LogP) is -0.791. The van der Waals surface area contributed by atoms with E-state index in [0.29, 0.717) is 13.2 Å². The molecular formula is C8H18NaO3PS. The quantitative estimate of drug-likeness (QED) is 0.321. The maximum Gasteiger partial charge on any atom is 1.00 e. The van der Waals surface area contributed by atoms with Crippen molar-refractivity contribution in [2.45, 2.75) is 39.5 Å². The zero-order valence-electron chi connectivity index (χ0n) is 9.32. The molecule has 0 spiro atoms. The maximum absolute atomic E-state index is 11.3. The number of unbranched alkanes of at least 4 members (excludes halogenated alkanes) is 2. The predicted molar refractivity (Wildman–Crippen MR) is 56.0 cm³/mol. The minimum atomic E-state index is -3.17. The summed E-state index contributed by atoms with van der Waals surface area (Å²) in [4.78, 5) is 11.3. The van der Waals surface area contributed by atoms with Crippen LogP contribution in [0.25, 0.3) is 0 Å². The molecule has 0 amide bonds. The van der Waals surface area contributed by atoms with Crippen molar-refractivity contribution in [2.24, 2.45) is 0 Å². The Morgan fingerprint density at radius 3 is 1.71 bits per heavy atom. The molecule has 0 aromatic rings. The topological polar surface area (TPSA) is 41.5 Å². The van der Waals surface area contributed by atoms with Gasteiger partial charge in [0, 0.05) is 0 Å². The molecule has 0 rings (SSSR count). The van der Waals surface area contributed by atoms with Gasteiger partial charge in [0.15, 0.2) is 0 Å². The first kappa shape index (κ1) is 17.9. The average Bonchev–Trinajstić information content (AvgIpc) is 2.05. The van der Waals surface area contributed by atoms with Gasteiger partial charge in [-0.25, -0.2) is 0 Å². The summed E-state index contributed by atoms with van der Waals surface area (Å²) in [6.07, 6.45) is 3.75. The van der Waals surface area contributed by atoms with E-state index < -0.39 is 6.72 Å². The summed E-state index contributed by atoms with van der Waals surface area (Å²) in [7, 11) is 0. The van der Waals surface area contributed by atoms with Crippen molar-refractivity contribution in [3.05, 3.63) is 0 Å². The second kappa shape index (κ2) is 11.0. The second-order valence-corrected chi connectivity index (χ2v) is 5.57. The summed E-state index contributed by atoms with van der Waals surface area (Å²) in [5, 5.41) is 0. The number of hydrogen-bond donors (Lipinski definition) is 0. The van der Waals surface area contributed by atoms with Gasteiger partial charge in [0.2, 0.25) is 0 Å². The van der Waals surface area contributed by atoms with Gasteiger partial charge in [-0.15, -0.1) is 0 Å². The van der Waals surface area contributed by atoms with E-state index in [0.717, 1.165) is 25.7 Å². The molecule has 0 N–H and O–H groups in total.